The summed E-state index contributed by atoms with van der Waals surface area (Å²) in [6.45, 7) is 2.06. The number of benzene rings is 1. The van der Waals surface area contributed by atoms with Crippen LogP contribution < -0.4 is 10.1 Å². The van der Waals surface area contributed by atoms with Gasteiger partial charge in [0.15, 0.2) is 12.4 Å². The van der Waals surface area contributed by atoms with Crippen LogP contribution in [0.5, 0.6) is 5.75 Å². The Hall–Kier alpha value is -2.45. The van der Waals surface area contributed by atoms with Crippen molar-refractivity contribution in [3.8, 4) is 5.75 Å². The predicted molar refractivity (Wildman–Crippen MR) is 70.4 cm³/mol. The summed E-state index contributed by atoms with van der Waals surface area (Å²) in [5.41, 5.74) is 0.596. The van der Waals surface area contributed by atoms with Crippen LogP contribution in [0.3, 0.4) is 0 Å². The van der Waals surface area contributed by atoms with Crippen molar-refractivity contribution in [3.05, 3.63) is 53.9 Å². The molecule has 0 saturated heterocycles. The van der Waals surface area contributed by atoms with Gasteiger partial charge in [0.1, 0.15) is 0 Å². The topological polar surface area (TPSA) is 129 Å². The van der Waals surface area contributed by atoms with Gasteiger partial charge in [-0.1, -0.05) is 11.8 Å². The number of H-pyrrole nitrogens is 1. The van der Waals surface area contributed by atoms with Crippen molar-refractivity contribution in [2.45, 2.75) is 11.8 Å². The SMILES string of the molecule is Cc1cc[nH+]cc1.O=C(O)c1cc(S(=O)(=O)O)ccc1[O-]. The molecule has 3 N–H and O–H groups in total. The minimum Gasteiger partial charge on any atom is -0.872 e. The summed E-state index contributed by atoms with van der Waals surface area (Å²) >= 11 is 0. The van der Waals surface area contributed by atoms with Crippen LogP contribution in [-0.2, 0) is 10.1 Å². The second kappa shape index (κ2) is 6.82. The number of hydrogen-bond donors (Lipinski definition) is 2. The van der Waals surface area contributed by atoms with Gasteiger partial charge >= 0.3 is 5.97 Å². The molecule has 8 heteroatoms. The number of aromatic amines is 1. The number of pyridine rings is 1. The smallest absolute Gasteiger partial charge is 0.335 e. The van der Waals surface area contributed by atoms with Gasteiger partial charge in [-0.2, -0.15) is 8.42 Å². The molecule has 1 heterocycles. The maximum Gasteiger partial charge on any atom is 0.335 e. The van der Waals surface area contributed by atoms with E-state index in [1.807, 2.05) is 24.5 Å². The monoisotopic (exact) mass is 311 g/mol. The Kier molecular flexibility index (Phi) is 5.39. The molecule has 0 aliphatic heterocycles. The second-order valence-corrected chi connectivity index (χ2v) is 5.44. The maximum atomic E-state index is 10.9. The number of carboxylic acid groups (broad SMARTS) is 1. The van der Waals surface area contributed by atoms with E-state index < -0.39 is 32.3 Å². The van der Waals surface area contributed by atoms with Gasteiger partial charge in [-0.3, -0.25) is 4.55 Å². The number of carbonyl (C=O) groups is 1. The van der Waals surface area contributed by atoms with Crippen molar-refractivity contribution in [2.24, 2.45) is 0 Å². The normalized spacial score (nSPS) is 10.4. The quantitative estimate of drug-likeness (QED) is 0.778. The highest BCUT2D eigenvalue weighted by Gasteiger charge is 2.12. The standard InChI is InChI=1S/C7H6O6S.C6H7N/c8-6-2-1-4(14(11,12)13)3-5(6)7(9)10;1-6-2-4-7-5-3-6/h1-3,8H,(H,9,10)(H,11,12,13);2-5H,1H3. The van der Waals surface area contributed by atoms with Crippen molar-refractivity contribution >= 4 is 16.1 Å². The van der Waals surface area contributed by atoms with Crippen LogP contribution in [0.25, 0.3) is 0 Å². The molecule has 0 aliphatic rings. The first-order valence-electron chi connectivity index (χ1n) is 5.66. The lowest BCUT2D eigenvalue weighted by molar-refractivity contribution is -0.378. The molecule has 112 valence electrons. The second-order valence-electron chi connectivity index (χ2n) is 4.02. The highest BCUT2D eigenvalue weighted by molar-refractivity contribution is 7.85. The fraction of sp³-hybridized carbons (Fsp3) is 0.0769. The van der Waals surface area contributed by atoms with Crippen LogP contribution in [0.2, 0.25) is 0 Å². The third-order valence-electron chi connectivity index (χ3n) is 2.36. The van der Waals surface area contributed by atoms with Gasteiger partial charge in [0, 0.05) is 12.1 Å². The molecule has 0 radical (unpaired) electrons. The van der Waals surface area contributed by atoms with Crippen molar-refractivity contribution in [2.75, 3.05) is 0 Å². The van der Waals surface area contributed by atoms with Crippen LogP contribution in [0.1, 0.15) is 15.9 Å². The average Bonchev–Trinajstić information content (AvgIpc) is 2.39. The van der Waals surface area contributed by atoms with Crippen LogP contribution >= 0.6 is 0 Å². The zero-order chi connectivity index (χ0) is 16.0. The third-order valence-corrected chi connectivity index (χ3v) is 3.21. The van der Waals surface area contributed by atoms with E-state index in [2.05, 4.69) is 11.9 Å². The summed E-state index contributed by atoms with van der Waals surface area (Å²) in [6.07, 6.45) is 3.82. The summed E-state index contributed by atoms with van der Waals surface area (Å²) in [4.78, 5) is 12.7. The minimum absolute atomic E-state index is 0.611. The first-order chi connectivity index (χ1) is 9.71. The molecule has 1 aromatic heterocycles. The van der Waals surface area contributed by atoms with Crippen LogP contribution in [-0.4, -0.2) is 24.0 Å². The van der Waals surface area contributed by atoms with Crippen molar-refractivity contribution in [3.63, 3.8) is 0 Å². The zero-order valence-corrected chi connectivity index (χ0v) is 11.8. The molecule has 7 nitrogen and oxygen atoms in total. The molecule has 1 aromatic carbocycles. The van der Waals surface area contributed by atoms with E-state index in [0.717, 1.165) is 12.1 Å². The lowest BCUT2D eigenvalue weighted by atomic mass is 10.2. The number of aromatic nitrogens is 1. The van der Waals surface area contributed by atoms with E-state index in [-0.39, 0.29) is 0 Å². The summed E-state index contributed by atoms with van der Waals surface area (Å²) in [5.74, 6) is -2.36. The zero-order valence-electron chi connectivity index (χ0n) is 11.0. The Morgan fingerprint density at radius 1 is 1.19 bits per heavy atom. The lowest BCUT2D eigenvalue weighted by Gasteiger charge is -2.09. The van der Waals surface area contributed by atoms with E-state index in [9.17, 15) is 18.3 Å². The lowest BCUT2D eigenvalue weighted by Crippen LogP contribution is -2.06. The van der Waals surface area contributed by atoms with Gasteiger partial charge < -0.3 is 10.2 Å². The Balaban J connectivity index is 0.000000262. The average molecular weight is 311 g/mol. The molecule has 0 atom stereocenters. The van der Waals surface area contributed by atoms with E-state index in [1.54, 1.807) is 0 Å². The number of aromatic carboxylic acids is 1. The molecular formula is C13H13NO6S. The maximum absolute atomic E-state index is 10.9. The molecule has 0 fully saturated rings. The summed E-state index contributed by atoms with van der Waals surface area (Å²) in [6, 6.07) is 6.27. The highest BCUT2D eigenvalue weighted by Crippen LogP contribution is 2.18. The number of rotatable bonds is 2. The fourth-order valence-electron chi connectivity index (χ4n) is 1.31. The van der Waals surface area contributed by atoms with Crippen LogP contribution in [0, 0.1) is 6.92 Å². The number of aryl methyl sites for hydroxylation is 1. The van der Waals surface area contributed by atoms with Gasteiger partial charge in [0.05, 0.1) is 10.5 Å². The van der Waals surface area contributed by atoms with Gasteiger partial charge in [-0.05, 0) is 24.6 Å². The first-order valence-corrected chi connectivity index (χ1v) is 7.10. The molecule has 2 rings (SSSR count). The number of hydrogen-bond acceptors (Lipinski definition) is 4. The first kappa shape index (κ1) is 16.6. The van der Waals surface area contributed by atoms with Gasteiger partial charge in [0.2, 0.25) is 0 Å². The summed E-state index contributed by atoms with van der Waals surface area (Å²) in [5, 5.41) is 19.4. The molecule has 0 aliphatic carbocycles. The minimum atomic E-state index is -4.48. The molecule has 0 bridgehead atoms. The molecule has 2 aromatic rings. The van der Waals surface area contributed by atoms with Crippen molar-refractivity contribution < 1.29 is 33.0 Å². The molecule has 0 unspecified atom stereocenters. The Morgan fingerprint density at radius 3 is 2.14 bits per heavy atom. The van der Waals surface area contributed by atoms with Crippen LogP contribution in [0.15, 0.2) is 47.6 Å². The van der Waals surface area contributed by atoms with E-state index in [4.69, 9.17) is 9.66 Å². The molecule has 0 saturated carbocycles. The molecule has 21 heavy (non-hydrogen) atoms. The fourth-order valence-corrected chi connectivity index (χ4v) is 1.81. The molecular weight excluding hydrogens is 298 g/mol. The Morgan fingerprint density at radius 2 is 1.76 bits per heavy atom. The Labute approximate surface area is 121 Å². The number of nitrogens with one attached hydrogen (secondary N) is 1. The van der Waals surface area contributed by atoms with E-state index >= 15 is 0 Å². The molecule has 0 spiro atoms. The van der Waals surface area contributed by atoms with Gasteiger partial charge in [-0.15, -0.1) is 0 Å². The van der Waals surface area contributed by atoms with Crippen LogP contribution in [0.4, 0.5) is 0 Å². The summed E-state index contributed by atoms with van der Waals surface area (Å²) in [7, 11) is -4.48. The Bertz CT molecular complexity index is 728. The van der Waals surface area contributed by atoms with Crippen molar-refractivity contribution in [1.82, 2.24) is 0 Å². The van der Waals surface area contributed by atoms with Gasteiger partial charge in [-0.25, -0.2) is 9.78 Å². The van der Waals surface area contributed by atoms with E-state index in [0.29, 0.717) is 6.07 Å². The third kappa shape index (κ3) is 5.21. The predicted octanol–water partition coefficient (Wildman–Crippen LogP) is 0.514. The van der Waals surface area contributed by atoms with Crippen molar-refractivity contribution in [1.29, 1.82) is 0 Å². The summed E-state index contributed by atoms with van der Waals surface area (Å²) < 4.78 is 29.7. The highest BCUT2D eigenvalue weighted by atomic mass is 32.2. The molecule has 0 amide bonds. The number of carboxylic acids is 1. The van der Waals surface area contributed by atoms with E-state index in [1.165, 1.54) is 5.56 Å². The largest absolute Gasteiger partial charge is 0.872 e. The van der Waals surface area contributed by atoms with Gasteiger partial charge in [0.25, 0.3) is 10.1 Å².